The normalized spacial score (nSPS) is 17.0. The van der Waals surface area contributed by atoms with E-state index in [-0.39, 0.29) is 11.5 Å². The Balaban J connectivity index is 2.10. The number of carboxylic acid groups (broad SMARTS) is 1. The third-order valence-corrected chi connectivity index (χ3v) is 3.48. The van der Waals surface area contributed by atoms with Crippen molar-refractivity contribution in [3.63, 3.8) is 0 Å². The standard InChI is InChI=1S/C14H17N3O4/c1-14(2)12(20)15-7-8-17(14)13(21)16-10-5-3-9(4-6-10)11(18)19/h3-6H,7-8H2,1-2H3,(H,15,20)(H,16,21)(H,18,19). The number of rotatable bonds is 2. The Hall–Kier alpha value is -2.57. The molecule has 0 saturated carbocycles. The largest absolute Gasteiger partial charge is 0.478 e. The van der Waals surface area contributed by atoms with Gasteiger partial charge < -0.3 is 20.6 Å². The molecule has 1 fully saturated rings. The van der Waals surface area contributed by atoms with Crippen LogP contribution in [0.4, 0.5) is 10.5 Å². The fourth-order valence-electron chi connectivity index (χ4n) is 2.14. The maximum absolute atomic E-state index is 12.3. The van der Waals surface area contributed by atoms with Gasteiger partial charge in [-0.3, -0.25) is 4.79 Å². The Morgan fingerprint density at radius 1 is 1.29 bits per heavy atom. The molecule has 3 N–H and O–H groups in total. The van der Waals surface area contributed by atoms with Crippen LogP contribution in [0.25, 0.3) is 0 Å². The smallest absolute Gasteiger partial charge is 0.335 e. The molecule has 1 aromatic rings. The summed E-state index contributed by atoms with van der Waals surface area (Å²) < 4.78 is 0. The van der Waals surface area contributed by atoms with Crippen LogP contribution in [-0.4, -0.2) is 46.5 Å². The summed E-state index contributed by atoms with van der Waals surface area (Å²) in [5, 5.41) is 14.2. The molecule has 2 rings (SSSR count). The first-order chi connectivity index (χ1) is 9.82. The number of aromatic carboxylic acids is 1. The highest BCUT2D eigenvalue weighted by molar-refractivity contribution is 5.97. The van der Waals surface area contributed by atoms with Crippen LogP contribution in [0, 0.1) is 0 Å². The molecule has 0 bridgehead atoms. The average Bonchev–Trinajstić information content (AvgIpc) is 2.42. The maximum Gasteiger partial charge on any atom is 0.335 e. The van der Waals surface area contributed by atoms with Gasteiger partial charge >= 0.3 is 12.0 Å². The van der Waals surface area contributed by atoms with Crippen molar-refractivity contribution >= 4 is 23.6 Å². The van der Waals surface area contributed by atoms with E-state index >= 15 is 0 Å². The van der Waals surface area contributed by atoms with Crippen molar-refractivity contribution in [2.24, 2.45) is 0 Å². The van der Waals surface area contributed by atoms with Gasteiger partial charge in [0.25, 0.3) is 0 Å². The molecule has 7 nitrogen and oxygen atoms in total. The number of hydrogen-bond acceptors (Lipinski definition) is 3. The van der Waals surface area contributed by atoms with Crippen LogP contribution >= 0.6 is 0 Å². The average molecular weight is 291 g/mol. The first kappa shape index (κ1) is 14.8. The van der Waals surface area contributed by atoms with Gasteiger partial charge in [-0.1, -0.05) is 0 Å². The predicted octanol–water partition coefficient (Wildman–Crippen LogP) is 1.13. The Kier molecular flexibility index (Phi) is 3.84. The number of carbonyl (C=O) groups excluding carboxylic acids is 2. The van der Waals surface area contributed by atoms with Gasteiger partial charge in [-0.05, 0) is 38.1 Å². The first-order valence-electron chi connectivity index (χ1n) is 6.52. The topological polar surface area (TPSA) is 98.7 Å². The SMILES string of the molecule is CC1(C)C(=O)NCCN1C(=O)Nc1ccc(C(=O)O)cc1. The quantitative estimate of drug-likeness (QED) is 0.760. The Labute approximate surface area is 121 Å². The molecule has 1 saturated heterocycles. The van der Waals surface area contributed by atoms with Gasteiger partial charge in [0.15, 0.2) is 0 Å². The number of hydrogen-bond donors (Lipinski definition) is 3. The molecule has 0 aromatic heterocycles. The lowest BCUT2D eigenvalue weighted by Crippen LogP contribution is -2.64. The second-order valence-corrected chi connectivity index (χ2v) is 5.28. The second-order valence-electron chi connectivity index (χ2n) is 5.28. The van der Waals surface area contributed by atoms with Crippen LogP contribution in [0.3, 0.4) is 0 Å². The van der Waals surface area contributed by atoms with Crippen LogP contribution in [0.15, 0.2) is 24.3 Å². The molecule has 0 radical (unpaired) electrons. The highest BCUT2D eigenvalue weighted by Crippen LogP contribution is 2.19. The molecule has 0 unspecified atom stereocenters. The summed E-state index contributed by atoms with van der Waals surface area (Å²) >= 11 is 0. The Morgan fingerprint density at radius 2 is 1.90 bits per heavy atom. The minimum absolute atomic E-state index is 0.144. The molecule has 7 heteroatoms. The van der Waals surface area contributed by atoms with Gasteiger partial charge in [0.1, 0.15) is 5.54 Å². The van der Waals surface area contributed by atoms with Gasteiger partial charge in [0, 0.05) is 18.8 Å². The van der Waals surface area contributed by atoms with Crippen LogP contribution in [0.5, 0.6) is 0 Å². The van der Waals surface area contributed by atoms with Crippen molar-refractivity contribution in [1.82, 2.24) is 10.2 Å². The number of amides is 3. The molecular formula is C14H17N3O4. The summed E-state index contributed by atoms with van der Waals surface area (Å²) in [6.45, 7) is 4.18. The number of carbonyl (C=O) groups is 3. The van der Waals surface area contributed by atoms with Crippen molar-refractivity contribution in [2.75, 3.05) is 18.4 Å². The number of urea groups is 1. The van der Waals surface area contributed by atoms with Gasteiger partial charge in [0.05, 0.1) is 5.56 Å². The second kappa shape index (κ2) is 5.43. The number of nitrogens with zero attached hydrogens (tertiary/aromatic N) is 1. The van der Waals surface area contributed by atoms with Crippen molar-refractivity contribution in [1.29, 1.82) is 0 Å². The van der Waals surface area contributed by atoms with Gasteiger partial charge in [0.2, 0.25) is 5.91 Å². The van der Waals surface area contributed by atoms with E-state index in [1.54, 1.807) is 13.8 Å². The van der Waals surface area contributed by atoms with Crippen LogP contribution in [0.2, 0.25) is 0 Å². The van der Waals surface area contributed by atoms with E-state index in [1.807, 2.05) is 0 Å². The van der Waals surface area contributed by atoms with Crippen LogP contribution < -0.4 is 10.6 Å². The Bertz CT molecular complexity index is 580. The molecule has 1 heterocycles. The zero-order chi connectivity index (χ0) is 15.6. The molecule has 21 heavy (non-hydrogen) atoms. The van der Waals surface area contributed by atoms with E-state index in [4.69, 9.17) is 5.11 Å². The summed E-state index contributed by atoms with van der Waals surface area (Å²) in [6, 6.07) is 5.45. The third kappa shape index (κ3) is 2.96. The zero-order valence-corrected chi connectivity index (χ0v) is 11.8. The highest BCUT2D eigenvalue weighted by atomic mass is 16.4. The monoisotopic (exact) mass is 291 g/mol. The molecule has 3 amide bonds. The number of anilines is 1. The third-order valence-electron chi connectivity index (χ3n) is 3.48. The number of carboxylic acids is 1. The van der Waals surface area contributed by atoms with Crippen molar-refractivity contribution in [2.45, 2.75) is 19.4 Å². The predicted molar refractivity (Wildman–Crippen MR) is 76.2 cm³/mol. The van der Waals surface area contributed by atoms with E-state index in [2.05, 4.69) is 10.6 Å². The van der Waals surface area contributed by atoms with E-state index in [1.165, 1.54) is 29.2 Å². The van der Waals surface area contributed by atoms with E-state index < -0.39 is 17.5 Å². The lowest BCUT2D eigenvalue weighted by molar-refractivity contribution is -0.132. The first-order valence-corrected chi connectivity index (χ1v) is 6.52. The highest BCUT2D eigenvalue weighted by Gasteiger charge is 2.40. The zero-order valence-electron chi connectivity index (χ0n) is 11.8. The van der Waals surface area contributed by atoms with E-state index in [0.29, 0.717) is 18.8 Å². The van der Waals surface area contributed by atoms with Crippen LogP contribution in [-0.2, 0) is 4.79 Å². The van der Waals surface area contributed by atoms with E-state index in [9.17, 15) is 14.4 Å². The van der Waals surface area contributed by atoms with Crippen molar-refractivity contribution in [3.05, 3.63) is 29.8 Å². The van der Waals surface area contributed by atoms with Crippen molar-refractivity contribution < 1.29 is 19.5 Å². The minimum atomic E-state index is -1.03. The Morgan fingerprint density at radius 3 is 2.48 bits per heavy atom. The molecule has 1 aromatic carbocycles. The molecule has 0 atom stereocenters. The van der Waals surface area contributed by atoms with Gasteiger partial charge in [-0.25, -0.2) is 9.59 Å². The summed E-state index contributed by atoms with van der Waals surface area (Å²) in [7, 11) is 0. The molecule has 0 spiro atoms. The number of piperazine rings is 1. The lowest BCUT2D eigenvalue weighted by atomic mass is 9.99. The van der Waals surface area contributed by atoms with Crippen LogP contribution in [0.1, 0.15) is 24.2 Å². The summed E-state index contributed by atoms with van der Waals surface area (Å²) in [4.78, 5) is 36.3. The van der Waals surface area contributed by atoms with Crippen molar-refractivity contribution in [3.8, 4) is 0 Å². The van der Waals surface area contributed by atoms with E-state index in [0.717, 1.165) is 0 Å². The van der Waals surface area contributed by atoms with Gasteiger partial charge in [-0.15, -0.1) is 0 Å². The molecule has 1 aliphatic rings. The van der Waals surface area contributed by atoms with Gasteiger partial charge in [-0.2, -0.15) is 0 Å². The summed E-state index contributed by atoms with van der Waals surface area (Å²) in [6.07, 6.45) is 0. The maximum atomic E-state index is 12.3. The number of benzene rings is 1. The number of nitrogens with one attached hydrogen (secondary N) is 2. The lowest BCUT2D eigenvalue weighted by Gasteiger charge is -2.40. The fraction of sp³-hybridized carbons (Fsp3) is 0.357. The minimum Gasteiger partial charge on any atom is -0.478 e. The summed E-state index contributed by atoms with van der Waals surface area (Å²) in [5.74, 6) is -1.23. The molecular weight excluding hydrogens is 274 g/mol. The summed E-state index contributed by atoms with van der Waals surface area (Å²) in [5.41, 5.74) is -0.305. The fourth-order valence-corrected chi connectivity index (χ4v) is 2.14. The molecule has 1 aliphatic heterocycles. The molecule has 112 valence electrons. The molecule has 0 aliphatic carbocycles.